The lowest BCUT2D eigenvalue weighted by Crippen LogP contribution is -2.50. The molecule has 0 radical (unpaired) electrons. The van der Waals surface area contributed by atoms with E-state index >= 15 is 0 Å². The van der Waals surface area contributed by atoms with Gasteiger partial charge in [-0.15, -0.1) is 0 Å². The molecule has 0 bridgehead atoms. The first-order valence-electron chi connectivity index (χ1n) is 9.37. The number of anilines is 1. The summed E-state index contributed by atoms with van der Waals surface area (Å²) in [5.74, 6) is -0.501. The first-order chi connectivity index (χ1) is 13.5. The summed E-state index contributed by atoms with van der Waals surface area (Å²) in [6.45, 7) is 4.34. The van der Waals surface area contributed by atoms with E-state index in [9.17, 15) is 14.4 Å². The highest BCUT2D eigenvalue weighted by molar-refractivity contribution is 6.30. The number of piperazine rings is 1. The lowest BCUT2D eigenvalue weighted by molar-refractivity contribution is -0.126. The zero-order valence-corrected chi connectivity index (χ0v) is 16.7. The molecule has 0 aliphatic carbocycles. The predicted octanol–water partition coefficient (Wildman–Crippen LogP) is 1.19. The average molecular weight is 409 g/mol. The van der Waals surface area contributed by atoms with Gasteiger partial charge in [-0.3, -0.25) is 14.5 Å². The second-order valence-electron chi connectivity index (χ2n) is 6.97. The number of ether oxygens (including phenoxy) is 1. The number of hydrogen-bond acceptors (Lipinski definition) is 5. The molecule has 1 aromatic rings. The molecule has 0 spiro atoms. The summed E-state index contributed by atoms with van der Waals surface area (Å²) in [7, 11) is 1.38. The van der Waals surface area contributed by atoms with Crippen LogP contribution in [0.15, 0.2) is 24.3 Å². The number of hydrogen-bond donors (Lipinski definition) is 1. The minimum absolute atomic E-state index is 0.0543. The SMILES string of the molecule is COC(=O)N1CCN(CCNC(=O)C2CC(=O)N(c3ccc(Cl)cc3)C2)CC1. The largest absolute Gasteiger partial charge is 0.453 e. The van der Waals surface area contributed by atoms with Crippen molar-refractivity contribution in [3.63, 3.8) is 0 Å². The smallest absolute Gasteiger partial charge is 0.409 e. The summed E-state index contributed by atoms with van der Waals surface area (Å²) in [6.07, 6.45) is -0.0872. The first kappa shape index (κ1) is 20.4. The van der Waals surface area contributed by atoms with Crippen LogP contribution in [-0.2, 0) is 14.3 Å². The lowest BCUT2D eigenvalue weighted by Gasteiger charge is -2.33. The summed E-state index contributed by atoms with van der Waals surface area (Å²) in [5.41, 5.74) is 0.758. The monoisotopic (exact) mass is 408 g/mol. The normalized spacial score (nSPS) is 20.4. The standard InChI is InChI=1S/C19H25ClN4O4/c1-28-19(27)23-10-8-22(9-11-23)7-6-21-18(26)14-12-17(25)24(13-14)16-4-2-15(20)3-5-16/h2-5,14H,6-13H2,1H3,(H,21,26). The molecule has 9 heteroatoms. The van der Waals surface area contributed by atoms with Crippen LogP contribution >= 0.6 is 11.6 Å². The van der Waals surface area contributed by atoms with E-state index in [1.165, 1.54) is 7.11 Å². The molecule has 1 unspecified atom stereocenters. The van der Waals surface area contributed by atoms with E-state index < -0.39 is 0 Å². The molecule has 2 fully saturated rings. The second kappa shape index (κ2) is 9.25. The minimum Gasteiger partial charge on any atom is -0.453 e. The van der Waals surface area contributed by atoms with Crippen molar-refractivity contribution in [3.05, 3.63) is 29.3 Å². The molecule has 2 heterocycles. The number of nitrogens with zero attached hydrogens (tertiary/aromatic N) is 3. The summed E-state index contributed by atoms with van der Waals surface area (Å²) in [5, 5.41) is 3.54. The van der Waals surface area contributed by atoms with Crippen molar-refractivity contribution in [1.29, 1.82) is 0 Å². The third kappa shape index (κ3) is 4.94. The van der Waals surface area contributed by atoms with Crippen LogP contribution in [-0.4, -0.2) is 80.6 Å². The van der Waals surface area contributed by atoms with Crippen LogP contribution in [0.5, 0.6) is 0 Å². The Morgan fingerprint density at radius 3 is 2.50 bits per heavy atom. The molecule has 3 amide bonds. The van der Waals surface area contributed by atoms with Gasteiger partial charge in [0.05, 0.1) is 13.0 Å². The first-order valence-corrected chi connectivity index (χ1v) is 9.74. The van der Waals surface area contributed by atoms with Crippen LogP contribution in [0.1, 0.15) is 6.42 Å². The maximum absolute atomic E-state index is 12.4. The van der Waals surface area contributed by atoms with E-state index in [0.29, 0.717) is 37.7 Å². The second-order valence-corrected chi connectivity index (χ2v) is 7.41. The number of methoxy groups -OCH3 is 1. The van der Waals surface area contributed by atoms with Gasteiger partial charge in [0.2, 0.25) is 11.8 Å². The van der Waals surface area contributed by atoms with Crippen molar-refractivity contribution in [2.24, 2.45) is 5.92 Å². The van der Waals surface area contributed by atoms with E-state index in [4.69, 9.17) is 16.3 Å². The Hall–Kier alpha value is -2.32. The van der Waals surface area contributed by atoms with Gasteiger partial charge in [0.1, 0.15) is 0 Å². The van der Waals surface area contributed by atoms with Crippen molar-refractivity contribution in [2.45, 2.75) is 6.42 Å². The van der Waals surface area contributed by atoms with Crippen molar-refractivity contribution in [2.75, 3.05) is 57.8 Å². The van der Waals surface area contributed by atoms with Crippen LogP contribution in [0.4, 0.5) is 10.5 Å². The van der Waals surface area contributed by atoms with Gasteiger partial charge in [0.15, 0.2) is 0 Å². The van der Waals surface area contributed by atoms with Gasteiger partial charge in [-0.2, -0.15) is 0 Å². The van der Waals surface area contributed by atoms with Gasteiger partial charge in [-0.25, -0.2) is 4.79 Å². The fourth-order valence-electron chi connectivity index (χ4n) is 3.52. The summed E-state index contributed by atoms with van der Waals surface area (Å²) >= 11 is 5.89. The average Bonchev–Trinajstić information content (AvgIpc) is 3.10. The number of benzene rings is 1. The van der Waals surface area contributed by atoms with E-state index in [2.05, 4.69) is 10.2 Å². The molecule has 28 heavy (non-hydrogen) atoms. The zero-order chi connectivity index (χ0) is 20.1. The Morgan fingerprint density at radius 1 is 1.18 bits per heavy atom. The van der Waals surface area contributed by atoms with Crippen molar-refractivity contribution < 1.29 is 19.1 Å². The molecule has 2 aliphatic rings. The van der Waals surface area contributed by atoms with Crippen molar-refractivity contribution in [3.8, 4) is 0 Å². The number of halogens is 1. The van der Waals surface area contributed by atoms with Gasteiger partial charge in [0, 0.05) is 62.9 Å². The summed E-state index contributed by atoms with van der Waals surface area (Å²) in [4.78, 5) is 41.7. The topological polar surface area (TPSA) is 82.2 Å². The van der Waals surface area contributed by atoms with Gasteiger partial charge in [-0.1, -0.05) is 11.6 Å². The van der Waals surface area contributed by atoms with Gasteiger partial charge < -0.3 is 19.9 Å². The fourth-order valence-corrected chi connectivity index (χ4v) is 3.64. The van der Waals surface area contributed by atoms with E-state index in [-0.39, 0.29) is 30.2 Å². The van der Waals surface area contributed by atoms with E-state index in [0.717, 1.165) is 18.8 Å². The molecule has 8 nitrogen and oxygen atoms in total. The Morgan fingerprint density at radius 2 is 1.86 bits per heavy atom. The van der Waals surface area contributed by atoms with E-state index in [1.807, 2.05) is 0 Å². The van der Waals surface area contributed by atoms with Crippen molar-refractivity contribution >= 4 is 35.2 Å². The number of nitrogens with one attached hydrogen (secondary N) is 1. The lowest BCUT2D eigenvalue weighted by atomic mass is 10.1. The molecule has 3 rings (SSSR count). The quantitative estimate of drug-likeness (QED) is 0.791. The molecule has 2 aliphatic heterocycles. The highest BCUT2D eigenvalue weighted by Gasteiger charge is 2.35. The molecule has 152 valence electrons. The number of amides is 3. The van der Waals surface area contributed by atoms with Gasteiger partial charge >= 0.3 is 6.09 Å². The Balaban J connectivity index is 1.40. The Bertz CT molecular complexity index is 719. The molecule has 2 saturated heterocycles. The summed E-state index contributed by atoms with van der Waals surface area (Å²) in [6, 6.07) is 7.04. The maximum atomic E-state index is 12.4. The van der Waals surface area contributed by atoms with E-state index in [1.54, 1.807) is 34.1 Å². The van der Waals surface area contributed by atoms with Crippen LogP contribution in [0.2, 0.25) is 5.02 Å². The third-order valence-electron chi connectivity index (χ3n) is 5.17. The van der Waals surface area contributed by atoms with Crippen LogP contribution < -0.4 is 10.2 Å². The summed E-state index contributed by atoms with van der Waals surface area (Å²) < 4.78 is 4.72. The van der Waals surface area contributed by atoms with Gasteiger partial charge in [-0.05, 0) is 24.3 Å². The van der Waals surface area contributed by atoms with Crippen molar-refractivity contribution in [1.82, 2.24) is 15.1 Å². The minimum atomic E-state index is -0.348. The molecule has 1 aromatic carbocycles. The molecule has 1 N–H and O–H groups in total. The highest BCUT2D eigenvalue weighted by Crippen LogP contribution is 2.26. The van der Waals surface area contributed by atoms with Crippen LogP contribution in [0.3, 0.4) is 0 Å². The Labute approximate surface area is 169 Å². The highest BCUT2D eigenvalue weighted by atomic mass is 35.5. The third-order valence-corrected chi connectivity index (χ3v) is 5.42. The fraction of sp³-hybridized carbons (Fsp3) is 0.526. The predicted molar refractivity (Wildman–Crippen MR) is 105 cm³/mol. The zero-order valence-electron chi connectivity index (χ0n) is 15.9. The van der Waals surface area contributed by atoms with Crippen LogP contribution in [0.25, 0.3) is 0 Å². The van der Waals surface area contributed by atoms with Gasteiger partial charge in [0.25, 0.3) is 0 Å². The van der Waals surface area contributed by atoms with Crippen LogP contribution in [0, 0.1) is 5.92 Å². The molecular weight excluding hydrogens is 384 g/mol. The molecule has 1 atom stereocenters. The number of carbonyl (C=O) groups is 3. The maximum Gasteiger partial charge on any atom is 0.409 e. The number of carbonyl (C=O) groups excluding carboxylic acids is 3. The molecule has 0 aromatic heterocycles. The number of rotatable bonds is 5. The Kier molecular flexibility index (Phi) is 6.74. The molecule has 0 saturated carbocycles. The molecular formula is C19H25ClN4O4.